The maximum atomic E-state index is 12.0. The Labute approximate surface area is 182 Å². The molecule has 0 aliphatic rings. The van der Waals surface area contributed by atoms with E-state index in [1.54, 1.807) is 12.1 Å². The number of nitrogens with one attached hydrogen (secondary N) is 3. The molecule has 2 aromatic carbocycles. The first-order valence-electron chi connectivity index (χ1n) is 8.90. The molecule has 0 saturated carbocycles. The summed E-state index contributed by atoms with van der Waals surface area (Å²) >= 11 is 0. The molecule has 0 atom stereocenters. The number of hydrogen-bond acceptors (Lipinski definition) is 4. The van der Waals surface area contributed by atoms with Gasteiger partial charge in [0.05, 0.1) is 13.2 Å². The van der Waals surface area contributed by atoms with Crippen LogP contribution in [0.1, 0.15) is 12.5 Å². The van der Waals surface area contributed by atoms with Gasteiger partial charge in [-0.3, -0.25) is 4.79 Å². The fourth-order valence-electron chi connectivity index (χ4n) is 2.24. The van der Waals surface area contributed by atoms with Crippen molar-refractivity contribution in [2.24, 2.45) is 4.99 Å². The molecule has 0 heterocycles. The van der Waals surface area contributed by atoms with E-state index in [-0.39, 0.29) is 42.2 Å². The van der Waals surface area contributed by atoms with E-state index in [2.05, 4.69) is 20.9 Å². The third kappa shape index (κ3) is 9.56. The van der Waals surface area contributed by atoms with E-state index < -0.39 is 0 Å². The van der Waals surface area contributed by atoms with Crippen molar-refractivity contribution in [3.8, 4) is 5.75 Å². The molecule has 0 aromatic heterocycles. The predicted molar refractivity (Wildman–Crippen MR) is 122 cm³/mol. The van der Waals surface area contributed by atoms with Crippen molar-refractivity contribution >= 4 is 41.5 Å². The summed E-state index contributed by atoms with van der Waals surface area (Å²) in [5.74, 6) is 0.471. The van der Waals surface area contributed by atoms with E-state index in [9.17, 15) is 9.90 Å². The number of aromatic hydroxyl groups is 1. The Morgan fingerprint density at radius 1 is 1.07 bits per heavy atom. The number of amides is 1. The number of phenolic OH excluding ortho intramolecular Hbond substituents is 1. The normalized spacial score (nSPS) is 10.7. The summed E-state index contributed by atoms with van der Waals surface area (Å²) in [6.07, 6.45) is 0. The van der Waals surface area contributed by atoms with E-state index in [4.69, 9.17) is 4.74 Å². The number of anilines is 1. The van der Waals surface area contributed by atoms with E-state index in [1.165, 1.54) is 12.1 Å². The van der Waals surface area contributed by atoms with Crippen molar-refractivity contribution in [3.05, 3.63) is 60.2 Å². The molecular weight excluding hydrogens is 471 g/mol. The van der Waals surface area contributed by atoms with Gasteiger partial charge in [0.15, 0.2) is 5.96 Å². The van der Waals surface area contributed by atoms with E-state index in [1.807, 2.05) is 37.3 Å². The molecule has 8 heteroatoms. The highest BCUT2D eigenvalue weighted by Gasteiger charge is 2.03. The van der Waals surface area contributed by atoms with Crippen LogP contribution in [-0.2, 0) is 16.1 Å². The van der Waals surface area contributed by atoms with Crippen molar-refractivity contribution in [1.29, 1.82) is 0 Å². The van der Waals surface area contributed by atoms with Gasteiger partial charge < -0.3 is 25.8 Å². The number of ether oxygens (including phenoxy) is 1. The van der Waals surface area contributed by atoms with Crippen LogP contribution in [0.3, 0.4) is 0 Å². The Morgan fingerprint density at radius 3 is 2.46 bits per heavy atom. The molecule has 4 N–H and O–H groups in total. The predicted octanol–water partition coefficient (Wildman–Crippen LogP) is 2.72. The first-order chi connectivity index (χ1) is 13.2. The molecular formula is C20H27IN4O3. The van der Waals surface area contributed by atoms with Gasteiger partial charge in [0.25, 0.3) is 0 Å². The Balaban J connectivity index is 0.00000392. The fraction of sp³-hybridized carbons (Fsp3) is 0.300. The van der Waals surface area contributed by atoms with Gasteiger partial charge in [0.2, 0.25) is 5.91 Å². The van der Waals surface area contributed by atoms with Crippen molar-refractivity contribution in [3.63, 3.8) is 0 Å². The summed E-state index contributed by atoms with van der Waals surface area (Å²) in [7, 11) is 0. The number of nitrogens with zero attached hydrogens (tertiary/aromatic N) is 1. The molecule has 0 spiro atoms. The SMILES string of the molecule is CCNC(=NCC(=O)Nc1ccc(O)cc1)NCCOCc1ccccc1.I. The van der Waals surface area contributed by atoms with Crippen LogP contribution >= 0.6 is 24.0 Å². The summed E-state index contributed by atoms with van der Waals surface area (Å²) < 4.78 is 5.62. The van der Waals surface area contributed by atoms with Crippen molar-refractivity contribution in [2.45, 2.75) is 13.5 Å². The van der Waals surface area contributed by atoms with Crippen LogP contribution in [0, 0.1) is 0 Å². The Hall–Kier alpha value is -2.33. The second-order valence-electron chi connectivity index (χ2n) is 5.76. The maximum Gasteiger partial charge on any atom is 0.246 e. The zero-order chi connectivity index (χ0) is 19.3. The van der Waals surface area contributed by atoms with Gasteiger partial charge in [-0.2, -0.15) is 0 Å². The maximum absolute atomic E-state index is 12.0. The van der Waals surface area contributed by atoms with E-state index in [0.29, 0.717) is 38.0 Å². The quantitative estimate of drug-likeness (QED) is 0.140. The minimum Gasteiger partial charge on any atom is -0.508 e. The Morgan fingerprint density at radius 2 is 1.79 bits per heavy atom. The van der Waals surface area contributed by atoms with Gasteiger partial charge in [-0.25, -0.2) is 4.99 Å². The van der Waals surface area contributed by atoms with Gasteiger partial charge in [0, 0.05) is 18.8 Å². The lowest BCUT2D eigenvalue weighted by Gasteiger charge is -2.11. The van der Waals surface area contributed by atoms with Gasteiger partial charge in [-0.05, 0) is 36.8 Å². The number of carbonyl (C=O) groups excluding carboxylic acids is 1. The molecule has 2 rings (SSSR count). The molecule has 0 aliphatic heterocycles. The van der Waals surface area contributed by atoms with Crippen LogP contribution in [0.5, 0.6) is 5.75 Å². The number of phenols is 1. The molecule has 0 saturated heterocycles. The zero-order valence-electron chi connectivity index (χ0n) is 15.9. The zero-order valence-corrected chi connectivity index (χ0v) is 18.2. The number of halogens is 1. The van der Waals surface area contributed by atoms with E-state index >= 15 is 0 Å². The summed E-state index contributed by atoms with van der Waals surface area (Å²) in [4.78, 5) is 16.2. The van der Waals surface area contributed by atoms with Crippen LogP contribution in [0.25, 0.3) is 0 Å². The number of guanidine groups is 1. The van der Waals surface area contributed by atoms with Gasteiger partial charge in [-0.1, -0.05) is 30.3 Å². The van der Waals surface area contributed by atoms with Crippen LogP contribution < -0.4 is 16.0 Å². The smallest absolute Gasteiger partial charge is 0.246 e. The topological polar surface area (TPSA) is 95.0 Å². The van der Waals surface area contributed by atoms with Crippen LogP contribution in [0.15, 0.2) is 59.6 Å². The van der Waals surface area contributed by atoms with Crippen molar-refractivity contribution in [1.82, 2.24) is 10.6 Å². The minimum absolute atomic E-state index is 0. The average Bonchev–Trinajstić information content (AvgIpc) is 2.68. The number of aliphatic imine (C=N–C) groups is 1. The minimum atomic E-state index is -0.238. The molecule has 0 radical (unpaired) electrons. The Bertz CT molecular complexity index is 724. The van der Waals surface area contributed by atoms with Gasteiger partial charge in [0.1, 0.15) is 12.3 Å². The summed E-state index contributed by atoms with van der Waals surface area (Å²) in [6.45, 7) is 4.31. The summed E-state index contributed by atoms with van der Waals surface area (Å²) in [6, 6.07) is 16.3. The second kappa shape index (κ2) is 13.8. The Kier molecular flexibility index (Phi) is 11.7. The molecule has 0 aliphatic carbocycles. The first-order valence-corrected chi connectivity index (χ1v) is 8.90. The van der Waals surface area contributed by atoms with Crippen molar-refractivity contribution < 1.29 is 14.6 Å². The second-order valence-corrected chi connectivity index (χ2v) is 5.76. The lowest BCUT2D eigenvalue weighted by molar-refractivity contribution is -0.114. The molecule has 152 valence electrons. The average molecular weight is 498 g/mol. The molecule has 7 nitrogen and oxygen atoms in total. The molecule has 2 aromatic rings. The molecule has 28 heavy (non-hydrogen) atoms. The standard InChI is InChI=1S/C20H26N4O3.HI/c1-2-21-20(22-12-13-27-15-16-6-4-3-5-7-16)23-14-19(26)24-17-8-10-18(25)11-9-17;/h3-11,25H,2,12-15H2,1H3,(H,24,26)(H2,21,22,23);1H. The number of hydrogen-bond donors (Lipinski definition) is 4. The lowest BCUT2D eigenvalue weighted by Crippen LogP contribution is -2.39. The molecule has 0 fully saturated rings. The van der Waals surface area contributed by atoms with Crippen LogP contribution in [-0.4, -0.2) is 43.2 Å². The molecule has 1 amide bonds. The summed E-state index contributed by atoms with van der Waals surface area (Å²) in [5.41, 5.74) is 1.74. The largest absolute Gasteiger partial charge is 0.508 e. The number of carbonyl (C=O) groups is 1. The van der Waals surface area contributed by atoms with Crippen LogP contribution in [0.2, 0.25) is 0 Å². The summed E-state index contributed by atoms with van der Waals surface area (Å²) in [5, 5.41) is 18.2. The third-order valence-electron chi connectivity index (χ3n) is 3.53. The highest BCUT2D eigenvalue weighted by molar-refractivity contribution is 14.0. The lowest BCUT2D eigenvalue weighted by atomic mass is 10.2. The fourth-order valence-corrected chi connectivity index (χ4v) is 2.24. The molecule has 0 unspecified atom stereocenters. The van der Waals surface area contributed by atoms with Crippen molar-refractivity contribution in [2.75, 3.05) is 31.6 Å². The monoisotopic (exact) mass is 498 g/mol. The van der Waals surface area contributed by atoms with Gasteiger partial charge >= 0.3 is 0 Å². The van der Waals surface area contributed by atoms with E-state index in [0.717, 1.165) is 5.56 Å². The highest BCUT2D eigenvalue weighted by atomic mass is 127. The number of benzene rings is 2. The van der Waals surface area contributed by atoms with Gasteiger partial charge in [-0.15, -0.1) is 24.0 Å². The first kappa shape index (κ1) is 23.7. The van der Waals surface area contributed by atoms with Crippen LogP contribution in [0.4, 0.5) is 5.69 Å². The number of rotatable bonds is 9. The third-order valence-corrected chi connectivity index (χ3v) is 3.53. The molecule has 0 bridgehead atoms. The highest BCUT2D eigenvalue weighted by Crippen LogP contribution is 2.13.